The second-order valence-electron chi connectivity index (χ2n) is 9.83. The first-order chi connectivity index (χ1) is 18.4. The molecular weight excluding hydrogens is 503 g/mol. The van der Waals surface area contributed by atoms with E-state index < -0.39 is 0 Å². The van der Waals surface area contributed by atoms with E-state index in [1.54, 1.807) is 18.2 Å². The van der Waals surface area contributed by atoms with Gasteiger partial charge in [-0.15, -0.1) is 0 Å². The Morgan fingerprint density at radius 2 is 1.92 bits per heavy atom. The first-order valence-corrected chi connectivity index (χ1v) is 13.1. The molecule has 0 saturated carbocycles. The summed E-state index contributed by atoms with van der Waals surface area (Å²) >= 11 is 6.29. The molecule has 6 rings (SSSR count). The van der Waals surface area contributed by atoms with Crippen molar-refractivity contribution in [1.82, 2.24) is 14.1 Å². The van der Waals surface area contributed by atoms with Crippen LogP contribution in [0.1, 0.15) is 31.4 Å². The Kier molecular flexibility index (Phi) is 6.19. The lowest BCUT2D eigenvalue weighted by atomic mass is 10.0. The lowest BCUT2D eigenvalue weighted by Crippen LogP contribution is -2.38. The molecule has 0 aliphatic carbocycles. The lowest BCUT2D eigenvalue weighted by Gasteiger charge is -2.35. The Labute approximate surface area is 224 Å². The number of nitrogens with one attached hydrogen (secondary N) is 3. The van der Waals surface area contributed by atoms with Crippen LogP contribution in [0, 0.1) is 11.2 Å². The third kappa shape index (κ3) is 4.35. The molecule has 38 heavy (non-hydrogen) atoms. The molecule has 1 saturated heterocycles. The summed E-state index contributed by atoms with van der Waals surface area (Å²) in [7, 11) is 0. The highest BCUT2D eigenvalue weighted by molar-refractivity contribution is 6.31. The van der Waals surface area contributed by atoms with Crippen LogP contribution in [0.3, 0.4) is 0 Å². The standard InChI is InChI=1S/C29H28ClFN6O/c1-18(38)34-25-7-5-20(30)15-27(25)35-13-10-22(11-14-35)37-28-16-21(31)6-8-26(28)36(29(37)32)17-19-3-2-4-24-23(19)9-12-33-24/h2-9,12,15-16,22,32-33H,10-11,13-14,17H2,1H3,(H,34,38). The number of fused-ring (bicyclic) bond motifs is 2. The van der Waals surface area contributed by atoms with E-state index >= 15 is 0 Å². The summed E-state index contributed by atoms with van der Waals surface area (Å²) in [6.45, 7) is 3.44. The molecule has 194 valence electrons. The highest BCUT2D eigenvalue weighted by atomic mass is 35.5. The normalized spacial score (nSPS) is 14.4. The van der Waals surface area contributed by atoms with E-state index in [0.29, 0.717) is 30.3 Å². The Hall–Kier alpha value is -4.04. The Morgan fingerprint density at radius 3 is 2.71 bits per heavy atom. The zero-order valence-corrected chi connectivity index (χ0v) is 21.7. The van der Waals surface area contributed by atoms with Crippen LogP contribution >= 0.6 is 11.6 Å². The largest absolute Gasteiger partial charge is 0.370 e. The van der Waals surface area contributed by atoms with Crippen molar-refractivity contribution in [1.29, 1.82) is 5.41 Å². The van der Waals surface area contributed by atoms with Crippen LogP contribution in [0.4, 0.5) is 15.8 Å². The monoisotopic (exact) mass is 530 g/mol. The van der Waals surface area contributed by atoms with Crippen LogP contribution in [-0.4, -0.2) is 33.1 Å². The molecule has 3 heterocycles. The van der Waals surface area contributed by atoms with E-state index in [0.717, 1.165) is 51.7 Å². The van der Waals surface area contributed by atoms with Crippen molar-refractivity contribution < 1.29 is 9.18 Å². The molecule has 1 fully saturated rings. The SMILES string of the molecule is CC(=O)Nc1ccc(Cl)cc1N1CCC(n2c(=N)n(Cc3cccc4[nH]ccc34)c3ccc(F)cc32)CC1. The molecule has 0 atom stereocenters. The molecule has 1 amide bonds. The fraction of sp³-hybridized carbons (Fsp3) is 0.241. The van der Waals surface area contributed by atoms with E-state index in [9.17, 15) is 14.6 Å². The lowest BCUT2D eigenvalue weighted by molar-refractivity contribution is -0.114. The van der Waals surface area contributed by atoms with Crippen molar-refractivity contribution in [2.24, 2.45) is 0 Å². The fourth-order valence-corrected chi connectivity index (χ4v) is 5.86. The predicted octanol–water partition coefficient (Wildman–Crippen LogP) is 6.04. The topological polar surface area (TPSA) is 81.8 Å². The molecule has 0 spiro atoms. The van der Waals surface area contributed by atoms with Gasteiger partial charge in [0.25, 0.3) is 0 Å². The number of imidazole rings is 1. The number of anilines is 2. The van der Waals surface area contributed by atoms with Crippen LogP contribution in [0.25, 0.3) is 21.9 Å². The minimum Gasteiger partial charge on any atom is -0.370 e. The first-order valence-electron chi connectivity index (χ1n) is 12.7. The molecule has 1 aliphatic heterocycles. The number of hydrogen-bond acceptors (Lipinski definition) is 3. The maximum Gasteiger partial charge on any atom is 0.221 e. The van der Waals surface area contributed by atoms with Crippen LogP contribution in [0.2, 0.25) is 5.02 Å². The van der Waals surface area contributed by atoms with Gasteiger partial charge in [-0.1, -0.05) is 23.7 Å². The van der Waals surface area contributed by atoms with Gasteiger partial charge in [-0.25, -0.2) is 4.39 Å². The van der Waals surface area contributed by atoms with Crippen molar-refractivity contribution in [2.75, 3.05) is 23.3 Å². The number of halogens is 2. The van der Waals surface area contributed by atoms with Gasteiger partial charge in [-0.05, 0) is 66.9 Å². The van der Waals surface area contributed by atoms with Gasteiger partial charge < -0.3 is 24.3 Å². The van der Waals surface area contributed by atoms with Gasteiger partial charge in [0, 0.05) is 48.2 Å². The molecule has 2 aromatic heterocycles. The molecular formula is C29H28ClFN6O. The van der Waals surface area contributed by atoms with Gasteiger partial charge in [0.05, 0.1) is 29.0 Å². The summed E-state index contributed by atoms with van der Waals surface area (Å²) in [6, 6.07) is 18.5. The van der Waals surface area contributed by atoms with Crippen LogP contribution in [0.5, 0.6) is 0 Å². The number of benzene rings is 3. The molecule has 3 N–H and O–H groups in total. The highest BCUT2D eigenvalue weighted by Gasteiger charge is 2.26. The first kappa shape index (κ1) is 24.3. The molecule has 0 bridgehead atoms. The maximum atomic E-state index is 14.4. The predicted molar refractivity (Wildman–Crippen MR) is 149 cm³/mol. The van der Waals surface area contributed by atoms with E-state index in [2.05, 4.69) is 27.3 Å². The number of carbonyl (C=O) groups is 1. The average Bonchev–Trinajstić information content (AvgIpc) is 3.48. The molecule has 5 aromatic rings. The molecule has 1 aliphatic rings. The summed E-state index contributed by atoms with van der Waals surface area (Å²) in [5.74, 6) is -0.449. The van der Waals surface area contributed by atoms with Crippen molar-refractivity contribution >= 4 is 50.8 Å². The van der Waals surface area contributed by atoms with E-state index in [1.807, 2.05) is 39.6 Å². The summed E-state index contributed by atoms with van der Waals surface area (Å²) in [6.07, 6.45) is 3.46. The summed E-state index contributed by atoms with van der Waals surface area (Å²) in [5, 5.41) is 13.8. The number of H-pyrrole nitrogens is 1. The van der Waals surface area contributed by atoms with E-state index in [1.165, 1.54) is 13.0 Å². The summed E-state index contributed by atoms with van der Waals surface area (Å²) < 4.78 is 18.4. The number of nitrogens with zero attached hydrogens (tertiary/aromatic N) is 3. The van der Waals surface area contributed by atoms with Crippen LogP contribution in [0.15, 0.2) is 66.9 Å². The second-order valence-corrected chi connectivity index (χ2v) is 10.3. The Bertz CT molecular complexity index is 1730. The van der Waals surface area contributed by atoms with Gasteiger partial charge in [0.1, 0.15) is 5.82 Å². The number of carbonyl (C=O) groups excluding carboxylic acids is 1. The summed E-state index contributed by atoms with van der Waals surface area (Å²) in [5.41, 5.74) is 5.70. The number of piperidine rings is 1. The van der Waals surface area contributed by atoms with Gasteiger partial charge >= 0.3 is 0 Å². The number of amides is 1. The van der Waals surface area contributed by atoms with Crippen molar-refractivity contribution in [3.05, 3.63) is 88.9 Å². The zero-order valence-electron chi connectivity index (χ0n) is 21.0. The Balaban J connectivity index is 1.34. The van der Waals surface area contributed by atoms with Crippen molar-refractivity contribution in [2.45, 2.75) is 32.4 Å². The average molecular weight is 531 g/mol. The minimum atomic E-state index is -0.313. The van der Waals surface area contributed by atoms with Crippen LogP contribution in [-0.2, 0) is 11.3 Å². The van der Waals surface area contributed by atoms with Gasteiger partial charge in [0.2, 0.25) is 11.5 Å². The maximum absolute atomic E-state index is 14.4. The number of hydrogen-bond donors (Lipinski definition) is 3. The van der Waals surface area contributed by atoms with E-state index in [4.69, 9.17) is 11.6 Å². The van der Waals surface area contributed by atoms with Crippen LogP contribution < -0.4 is 15.8 Å². The molecule has 7 nitrogen and oxygen atoms in total. The third-order valence-electron chi connectivity index (χ3n) is 7.43. The van der Waals surface area contributed by atoms with Gasteiger partial charge in [-0.3, -0.25) is 10.2 Å². The van der Waals surface area contributed by atoms with Gasteiger partial charge in [0.15, 0.2) is 0 Å². The fourth-order valence-electron chi connectivity index (χ4n) is 5.69. The number of rotatable bonds is 5. The van der Waals surface area contributed by atoms with Gasteiger partial charge in [-0.2, -0.15) is 0 Å². The smallest absolute Gasteiger partial charge is 0.221 e. The molecule has 3 aromatic carbocycles. The number of aromatic nitrogens is 3. The molecule has 0 radical (unpaired) electrons. The number of aromatic amines is 1. The quantitative estimate of drug-likeness (QED) is 0.259. The molecule has 0 unspecified atom stereocenters. The van der Waals surface area contributed by atoms with Crippen molar-refractivity contribution in [3.8, 4) is 0 Å². The second kappa shape index (κ2) is 9.68. The minimum absolute atomic E-state index is 0.0377. The van der Waals surface area contributed by atoms with E-state index in [-0.39, 0.29) is 17.8 Å². The highest BCUT2D eigenvalue weighted by Crippen LogP contribution is 2.34. The molecule has 9 heteroatoms. The Morgan fingerprint density at radius 1 is 1.11 bits per heavy atom. The third-order valence-corrected chi connectivity index (χ3v) is 7.66. The van der Waals surface area contributed by atoms with Crippen molar-refractivity contribution in [3.63, 3.8) is 0 Å². The zero-order chi connectivity index (χ0) is 26.4. The summed E-state index contributed by atoms with van der Waals surface area (Å²) in [4.78, 5) is 17.2.